The first-order chi connectivity index (χ1) is 9.26. The van der Waals surface area contributed by atoms with E-state index in [0.717, 1.165) is 0 Å². The summed E-state index contributed by atoms with van der Waals surface area (Å²) in [5.74, 6) is -0.196. The first-order valence-electron chi connectivity index (χ1n) is 6.71. The van der Waals surface area contributed by atoms with Gasteiger partial charge in [-0.05, 0) is 46.8 Å². The van der Waals surface area contributed by atoms with E-state index in [1.54, 1.807) is 52.1 Å². The molecule has 1 unspecified atom stereocenters. The summed E-state index contributed by atoms with van der Waals surface area (Å²) in [4.78, 5) is 29.8. The van der Waals surface area contributed by atoms with Crippen molar-refractivity contribution in [2.75, 3.05) is 6.54 Å². The number of ether oxygens (including phenoxy) is 1. The van der Waals surface area contributed by atoms with Crippen LogP contribution in [0.25, 0.3) is 0 Å². The lowest BCUT2D eigenvalue weighted by atomic mass is 10.1. The van der Waals surface area contributed by atoms with Gasteiger partial charge in [-0.15, -0.1) is 0 Å². The van der Waals surface area contributed by atoms with Crippen molar-refractivity contribution in [3.8, 4) is 0 Å². The highest BCUT2D eigenvalue weighted by molar-refractivity contribution is 5.99. The Morgan fingerprint density at radius 3 is 2.45 bits per heavy atom. The third kappa shape index (κ3) is 4.33. The van der Waals surface area contributed by atoms with Crippen LogP contribution in [0.2, 0.25) is 0 Å². The quantitative estimate of drug-likeness (QED) is 0.794. The minimum atomic E-state index is -0.607. The Morgan fingerprint density at radius 1 is 1.35 bits per heavy atom. The second-order valence-corrected chi connectivity index (χ2v) is 5.52. The molecule has 5 heteroatoms. The molecule has 110 valence electrons. The minimum Gasteiger partial charge on any atom is -0.444 e. The first-order valence-corrected chi connectivity index (χ1v) is 6.71. The van der Waals surface area contributed by atoms with Crippen molar-refractivity contribution in [1.82, 2.24) is 9.88 Å². The molecule has 0 radical (unpaired) electrons. The topological polar surface area (TPSA) is 59.5 Å². The van der Waals surface area contributed by atoms with Gasteiger partial charge in [0.05, 0.1) is 6.04 Å². The predicted octanol–water partition coefficient (Wildman–Crippen LogP) is 2.91. The van der Waals surface area contributed by atoms with Crippen LogP contribution in [0.1, 0.15) is 45.1 Å². The van der Waals surface area contributed by atoms with Gasteiger partial charge in [-0.3, -0.25) is 14.7 Å². The van der Waals surface area contributed by atoms with Crippen LogP contribution < -0.4 is 0 Å². The van der Waals surface area contributed by atoms with Gasteiger partial charge in [-0.2, -0.15) is 0 Å². The van der Waals surface area contributed by atoms with E-state index in [-0.39, 0.29) is 5.78 Å². The number of likely N-dealkylation sites (N-methyl/N-ethyl adjacent to an activating group) is 1. The molecule has 1 atom stereocenters. The molecular weight excluding hydrogens is 256 g/mol. The van der Waals surface area contributed by atoms with E-state index in [4.69, 9.17) is 4.74 Å². The molecule has 0 N–H and O–H groups in total. The standard InChI is InChI=1S/C15H22N2O3/c1-6-17(14(19)20-15(3,4)5)11(2)13(18)12-9-7-8-10-16-12/h7-11H,6H2,1-5H3. The SMILES string of the molecule is CCN(C(=O)OC(C)(C)C)C(C)C(=O)c1ccccn1. The summed E-state index contributed by atoms with van der Waals surface area (Å²) in [7, 11) is 0. The summed E-state index contributed by atoms with van der Waals surface area (Å²) in [6.07, 6.45) is 1.07. The first kappa shape index (κ1) is 16.1. The lowest BCUT2D eigenvalue weighted by molar-refractivity contribution is 0.0186. The summed E-state index contributed by atoms with van der Waals surface area (Å²) in [6.45, 7) is 9.28. The summed E-state index contributed by atoms with van der Waals surface area (Å²) in [5.41, 5.74) is -0.236. The monoisotopic (exact) mass is 278 g/mol. The Kier molecular flexibility index (Phi) is 5.25. The summed E-state index contributed by atoms with van der Waals surface area (Å²) >= 11 is 0. The number of hydrogen-bond acceptors (Lipinski definition) is 4. The van der Waals surface area contributed by atoms with Crippen LogP contribution in [0.15, 0.2) is 24.4 Å². The fourth-order valence-corrected chi connectivity index (χ4v) is 1.75. The Hall–Kier alpha value is -1.91. The second kappa shape index (κ2) is 6.50. The van der Waals surface area contributed by atoms with Crippen molar-refractivity contribution in [3.63, 3.8) is 0 Å². The van der Waals surface area contributed by atoms with E-state index in [0.29, 0.717) is 12.2 Å². The van der Waals surface area contributed by atoms with Crippen molar-refractivity contribution in [2.24, 2.45) is 0 Å². The van der Waals surface area contributed by atoms with Gasteiger partial charge < -0.3 is 4.74 Å². The number of hydrogen-bond donors (Lipinski definition) is 0. The normalized spacial score (nSPS) is 12.7. The molecule has 5 nitrogen and oxygen atoms in total. The number of rotatable bonds is 4. The highest BCUT2D eigenvalue weighted by Crippen LogP contribution is 2.14. The van der Waals surface area contributed by atoms with Crippen molar-refractivity contribution in [2.45, 2.75) is 46.3 Å². The fourth-order valence-electron chi connectivity index (χ4n) is 1.75. The van der Waals surface area contributed by atoms with Crippen LogP contribution in [-0.2, 0) is 4.74 Å². The van der Waals surface area contributed by atoms with Gasteiger partial charge >= 0.3 is 6.09 Å². The maximum Gasteiger partial charge on any atom is 0.410 e. The molecule has 0 saturated heterocycles. The van der Waals surface area contributed by atoms with E-state index in [9.17, 15) is 9.59 Å². The van der Waals surface area contributed by atoms with Crippen molar-refractivity contribution < 1.29 is 14.3 Å². The molecule has 0 aliphatic rings. The Balaban J connectivity index is 2.84. The molecule has 1 rings (SSSR count). The molecule has 20 heavy (non-hydrogen) atoms. The number of ketones is 1. The number of aromatic nitrogens is 1. The molecule has 0 saturated carbocycles. The van der Waals surface area contributed by atoms with Crippen LogP contribution in [-0.4, -0.2) is 39.9 Å². The molecule has 0 aliphatic heterocycles. The van der Waals surface area contributed by atoms with Crippen LogP contribution in [0, 0.1) is 0 Å². The second-order valence-electron chi connectivity index (χ2n) is 5.52. The number of nitrogens with zero attached hydrogens (tertiary/aromatic N) is 2. The van der Waals surface area contributed by atoms with E-state index < -0.39 is 17.7 Å². The Labute approximate surface area is 119 Å². The van der Waals surface area contributed by atoms with Crippen molar-refractivity contribution in [1.29, 1.82) is 0 Å². The van der Waals surface area contributed by atoms with Crippen LogP contribution in [0.4, 0.5) is 4.79 Å². The molecule has 1 aromatic heterocycles. The average molecular weight is 278 g/mol. The maximum atomic E-state index is 12.3. The predicted molar refractivity (Wildman–Crippen MR) is 76.6 cm³/mol. The van der Waals surface area contributed by atoms with Gasteiger partial charge in [0.15, 0.2) is 0 Å². The molecule has 0 aliphatic carbocycles. The zero-order chi connectivity index (χ0) is 15.3. The summed E-state index contributed by atoms with van der Waals surface area (Å²) < 4.78 is 5.31. The molecule has 0 fully saturated rings. The third-order valence-electron chi connectivity index (χ3n) is 2.73. The maximum absolute atomic E-state index is 12.3. The van der Waals surface area contributed by atoms with Gasteiger partial charge in [-0.25, -0.2) is 4.79 Å². The molecule has 0 aromatic carbocycles. The van der Waals surface area contributed by atoms with E-state index >= 15 is 0 Å². The van der Waals surface area contributed by atoms with E-state index in [2.05, 4.69) is 4.98 Å². The van der Waals surface area contributed by atoms with Crippen LogP contribution >= 0.6 is 0 Å². The Bertz CT molecular complexity index is 466. The van der Waals surface area contributed by atoms with Crippen LogP contribution in [0.3, 0.4) is 0 Å². The molecule has 0 spiro atoms. The number of carbonyl (C=O) groups is 2. The summed E-state index contributed by atoms with van der Waals surface area (Å²) in [5, 5.41) is 0. The highest BCUT2D eigenvalue weighted by Gasteiger charge is 2.29. The van der Waals surface area contributed by atoms with Gasteiger partial charge in [0.2, 0.25) is 5.78 Å². The number of pyridine rings is 1. The molecule has 1 amide bonds. The smallest absolute Gasteiger partial charge is 0.410 e. The minimum absolute atomic E-state index is 0.196. The van der Waals surface area contributed by atoms with Crippen molar-refractivity contribution in [3.05, 3.63) is 30.1 Å². The van der Waals surface area contributed by atoms with Gasteiger partial charge in [0.25, 0.3) is 0 Å². The zero-order valence-corrected chi connectivity index (χ0v) is 12.7. The van der Waals surface area contributed by atoms with E-state index in [1.807, 2.05) is 6.92 Å². The zero-order valence-electron chi connectivity index (χ0n) is 12.7. The Morgan fingerprint density at radius 2 is 2.00 bits per heavy atom. The molecule has 0 bridgehead atoms. The lowest BCUT2D eigenvalue weighted by Crippen LogP contribution is -2.45. The van der Waals surface area contributed by atoms with Gasteiger partial charge in [-0.1, -0.05) is 6.07 Å². The van der Waals surface area contributed by atoms with Gasteiger partial charge in [0, 0.05) is 12.7 Å². The largest absolute Gasteiger partial charge is 0.444 e. The lowest BCUT2D eigenvalue weighted by Gasteiger charge is -2.30. The highest BCUT2D eigenvalue weighted by atomic mass is 16.6. The molecule has 1 heterocycles. The molecular formula is C15H22N2O3. The molecule has 1 aromatic rings. The third-order valence-corrected chi connectivity index (χ3v) is 2.73. The van der Waals surface area contributed by atoms with Crippen LogP contribution in [0.5, 0.6) is 0 Å². The summed E-state index contributed by atoms with van der Waals surface area (Å²) in [6, 6.07) is 4.52. The number of amides is 1. The number of Topliss-reactive ketones (excluding diaryl/α,β-unsaturated/α-hetero) is 1. The fraction of sp³-hybridized carbons (Fsp3) is 0.533. The van der Waals surface area contributed by atoms with E-state index in [1.165, 1.54) is 4.90 Å². The van der Waals surface area contributed by atoms with Crippen molar-refractivity contribution >= 4 is 11.9 Å². The number of carbonyl (C=O) groups excluding carboxylic acids is 2. The average Bonchev–Trinajstić information content (AvgIpc) is 2.37. The van der Waals surface area contributed by atoms with Gasteiger partial charge in [0.1, 0.15) is 11.3 Å².